The summed E-state index contributed by atoms with van der Waals surface area (Å²) in [5.41, 5.74) is 1.23. The van der Waals surface area contributed by atoms with Crippen LogP contribution in [-0.2, 0) is 11.3 Å². The first kappa shape index (κ1) is 16.3. The molecule has 3 heteroatoms. The Hall–Kier alpha value is -1.06. The summed E-state index contributed by atoms with van der Waals surface area (Å²) < 4.78 is 11.6. The molecule has 1 aliphatic rings. The zero-order valence-electron chi connectivity index (χ0n) is 13.3. The predicted molar refractivity (Wildman–Crippen MR) is 86.8 cm³/mol. The molecule has 0 saturated heterocycles. The van der Waals surface area contributed by atoms with Gasteiger partial charge in [0.15, 0.2) is 0 Å². The van der Waals surface area contributed by atoms with E-state index in [4.69, 9.17) is 9.47 Å². The van der Waals surface area contributed by atoms with Crippen LogP contribution in [0.3, 0.4) is 0 Å². The molecule has 0 atom stereocenters. The number of nitrogens with one attached hydrogen (secondary N) is 1. The van der Waals surface area contributed by atoms with E-state index in [2.05, 4.69) is 17.4 Å². The summed E-state index contributed by atoms with van der Waals surface area (Å²) in [7, 11) is 0. The summed E-state index contributed by atoms with van der Waals surface area (Å²) in [4.78, 5) is 0. The van der Waals surface area contributed by atoms with Crippen LogP contribution in [0.5, 0.6) is 5.75 Å². The molecule has 1 saturated carbocycles. The van der Waals surface area contributed by atoms with E-state index in [1.54, 1.807) is 0 Å². The van der Waals surface area contributed by atoms with E-state index >= 15 is 0 Å². The van der Waals surface area contributed by atoms with E-state index < -0.39 is 0 Å². The van der Waals surface area contributed by atoms with E-state index in [1.807, 2.05) is 19.1 Å². The van der Waals surface area contributed by atoms with Gasteiger partial charge in [-0.05, 0) is 38.8 Å². The van der Waals surface area contributed by atoms with Crippen molar-refractivity contribution < 1.29 is 9.47 Å². The number of benzene rings is 1. The molecule has 0 heterocycles. The molecule has 0 spiro atoms. The normalized spacial score (nSPS) is 16.0. The average Bonchev–Trinajstić information content (AvgIpc) is 2.53. The molecule has 2 rings (SSSR count). The Kier molecular flexibility index (Phi) is 7.61. The molecule has 0 bridgehead atoms. The lowest BCUT2D eigenvalue weighted by molar-refractivity contribution is 0.0273. The highest BCUT2D eigenvalue weighted by molar-refractivity contribution is 5.33. The van der Waals surface area contributed by atoms with Gasteiger partial charge < -0.3 is 14.8 Å². The van der Waals surface area contributed by atoms with Crippen LogP contribution >= 0.6 is 0 Å². The quantitative estimate of drug-likeness (QED) is 0.700. The van der Waals surface area contributed by atoms with Gasteiger partial charge in [0.1, 0.15) is 5.75 Å². The summed E-state index contributed by atoms with van der Waals surface area (Å²) in [6.45, 7) is 5.47. The highest BCUT2D eigenvalue weighted by Gasteiger charge is 2.12. The number of hydrogen-bond donors (Lipinski definition) is 1. The molecule has 0 radical (unpaired) electrons. The summed E-state index contributed by atoms with van der Waals surface area (Å²) >= 11 is 0. The Morgan fingerprint density at radius 2 is 1.95 bits per heavy atom. The lowest BCUT2D eigenvalue weighted by Gasteiger charge is -2.22. The first-order valence-corrected chi connectivity index (χ1v) is 8.43. The van der Waals surface area contributed by atoms with Crippen molar-refractivity contribution in [3.8, 4) is 5.75 Å². The van der Waals surface area contributed by atoms with Gasteiger partial charge in [-0.3, -0.25) is 0 Å². The van der Waals surface area contributed by atoms with Crippen molar-refractivity contribution in [3.63, 3.8) is 0 Å². The van der Waals surface area contributed by atoms with Gasteiger partial charge in [-0.25, -0.2) is 0 Å². The predicted octanol–water partition coefficient (Wildman–Crippen LogP) is 3.91. The van der Waals surface area contributed by atoms with Gasteiger partial charge in [0.2, 0.25) is 0 Å². The number of rotatable bonds is 9. The van der Waals surface area contributed by atoms with Crippen molar-refractivity contribution in [2.45, 2.75) is 58.1 Å². The number of hydrogen-bond acceptors (Lipinski definition) is 3. The lowest BCUT2D eigenvalue weighted by atomic mass is 9.98. The van der Waals surface area contributed by atoms with Crippen LogP contribution in [-0.4, -0.2) is 25.9 Å². The minimum atomic E-state index is 0.525. The van der Waals surface area contributed by atoms with Crippen LogP contribution in [0.25, 0.3) is 0 Å². The third kappa shape index (κ3) is 6.06. The topological polar surface area (TPSA) is 30.5 Å². The van der Waals surface area contributed by atoms with E-state index in [1.165, 1.54) is 37.7 Å². The maximum Gasteiger partial charge on any atom is 0.123 e. The largest absolute Gasteiger partial charge is 0.494 e. The van der Waals surface area contributed by atoms with E-state index in [0.29, 0.717) is 12.7 Å². The van der Waals surface area contributed by atoms with Crippen LogP contribution < -0.4 is 10.1 Å². The van der Waals surface area contributed by atoms with Crippen molar-refractivity contribution in [1.82, 2.24) is 5.32 Å². The van der Waals surface area contributed by atoms with Crippen molar-refractivity contribution in [1.29, 1.82) is 0 Å². The third-order valence-electron chi connectivity index (χ3n) is 3.99. The molecule has 118 valence electrons. The van der Waals surface area contributed by atoms with Crippen molar-refractivity contribution in [2.24, 2.45) is 0 Å². The molecule has 0 amide bonds. The maximum absolute atomic E-state index is 5.93. The molecule has 21 heavy (non-hydrogen) atoms. The average molecular weight is 291 g/mol. The second-order valence-corrected chi connectivity index (χ2v) is 5.70. The van der Waals surface area contributed by atoms with Gasteiger partial charge in [-0.2, -0.15) is 0 Å². The molecule has 0 aliphatic heterocycles. The monoisotopic (exact) mass is 291 g/mol. The van der Waals surface area contributed by atoms with Crippen LogP contribution in [0.4, 0.5) is 0 Å². The first-order chi connectivity index (χ1) is 10.4. The summed E-state index contributed by atoms with van der Waals surface area (Å²) in [5.74, 6) is 0.992. The van der Waals surface area contributed by atoms with Gasteiger partial charge in [0.05, 0.1) is 12.7 Å². The Morgan fingerprint density at radius 3 is 2.76 bits per heavy atom. The number of para-hydroxylation sites is 1. The molecule has 1 aromatic rings. The van der Waals surface area contributed by atoms with Crippen LogP contribution in [0.15, 0.2) is 24.3 Å². The zero-order chi connectivity index (χ0) is 14.8. The smallest absolute Gasteiger partial charge is 0.123 e. The highest BCUT2D eigenvalue weighted by Crippen LogP contribution is 2.20. The van der Waals surface area contributed by atoms with Crippen molar-refractivity contribution in [3.05, 3.63) is 29.8 Å². The van der Waals surface area contributed by atoms with Gasteiger partial charge in [0.25, 0.3) is 0 Å². The zero-order valence-corrected chi connectivity index (χ0v) is 13.3. The molecule has 1 fully saturated rings. The third-order valence-corrected chi connectivity index (χ3v) is 3.99. The Labute approximate surface area is 129 Å². The van der Waals surface area contributed by atoms with Gasteiger partial charge in [-0.15, -0.1) is 0 Å². The summed E-state index contributed by atoms with van der Waals surface area (Å²) in [6, 6.07) is 8.24. The molecule has 0 unspecified atom stereocenters. The molecule has 3 nitrogen and oxygen atoms in total. The molecular formula is C18H29NO2. The molecule has 1 N–H and O–H groups in total. The molecule has 0 aromatic heterocycles. The Bertz CT molecular complexity index is 389. The molecule has 1 aliphatic carbocycles. The molecule has 1 aromatic carbocycles. The van der Waals surface area contributed by atoms with E-state index in [9.17, 15) is 0 Å². The second kappa shape index (κ2) is 9.80. The van der Waals surface area contributed by atoms with Crippen molar-refractivity contribution >= 4 is 0 Å². The fraction of sp³-hybridized carbons (Fsp3) is 0.667. The van der Waals surface area contributed by atoms with E-state index in [0.717, 1.165) is 31.9 Å². The standard InChI is InChI=1S/C18H29NO2/c1-2-20-18-12-7-6-9-16(18)15-19-13-8-14-21-17-10-4-3-5-11-17/h6-7,9,12,17,19H,2-5,8,10-11,13-15H2,1H3. The van der Waals surface area contributed by atoms with Crippen LogP contribution in [0, 0.1) is 0 Å². The second-order valence-electron chi connectivity index (χ2n) is 5.70. The molecular weight excluding hydrogens is 262 g/mol. The van der Waals surface area contributed by atoms with Crippen molar-refractivity contribution in [2.75, 3.05) is 19.8 Å². The van der Waals surface area contributed by atoms with Gasteiger partial charge in [-0.1, -0.05) is 37.5 Å². The SMILES string of the molecule is CCOc1ccccc1CNCCCOC1CCCCC1. The first-order valence-electron chi connectivity index (χ1n) is 8.43. The lowest BCUT2D eigenvalue weighted by Crippen LogP contribution is -2.20. The van der Waals surface area contributed by atoms with Gasteiger partial charge in [0, 0.05) is 18.7 Å². The minimum Gasteiger partial charge on any atom is -0.494 e. The minimum absolute atomic E-state index is 0.525. The Balaban J connectivity index is 1.57. The fourth-order valence-electron chi connectivity index (χ4n) is 2.85. The summed E-state index contributed by atoms with van der Waals surface area (Å²) in [5, 5.41) is 3.48. The number of ether oxygens (including phenoxy) is 2. The summed E-state index contributed by atoms with van der Waals surface area (Å²) in [6.07, 6.45) is 8.20. The van der Waals surface area contributed by atoms with Gasteiger partial charge >= 0.3 is 0 Å². The Morgan fingerprint density at radius 1 is 1.14 bits per heavy atom. The van der Waals surface area contributed by atoms with Crippen LogP contribution in [0.1, 0.15) is 51.0 Å². The van der Waals surface area contributed by atoms with Crippen LogP contribution in [0.2, 0.25) is 0 Å². The maximum atomic E-state index is 5.93. The van der Waals surface area contributed by atoms with E-state index in [-0.39, 0.29) is 0 Å². The highest BCUT2D eigenvalue weighted by atomic mass is 16.5. The fourth-order valence-corrected chi connectivity index (χ4v) is 2.85.